The summed E-state index contributed by atoms with van der Waals surface area (Å²) in [6.45, 7) is 9.60. The van der Waals surface area contributed by atoms with Crippen molar-refractivity contribution in [1.82, 2.24) is 5.32 Å². The molecule has 0 bridgehead atoms. The highest BCUT2D eigenvalue weighted by molar-refractivity contribution is 5.35. The Kier molecular flexibility index (Phi) is 5.65. The normalized spacial score (nSPS) is 12.1. The summed E-state index contributed by atoms with van der Waals surface area (Å²) in [7, 11) is 0. The third kappa shape index (κ3) is 3.70. The highest BCUT2D eigenvalue weighted by Gasteiger charge is 2.09. The van der Waals surface area contributed by atoms with Gasteiger partial charge in [0.25, 0.3) is 0 Å². The highest BCUT2D eigenvalue weighted by Crippen LogP contribution is 2.24. The van der Waals surface area contributed by atoms with Crippen molar-refractivity contribution < 1.29 is 4.74 Å². The van der Waals surface area contributed by atoms with Crippen LogP contribution in [0.25, 0.3) is 0 Å². The van der Waals surface area contributed by atoms with Crippen molar-refractivity contribution in [2.45, 2.75) is 26.3 Å². The summed E-state index contributed by atoms with van der Waals surface area (Å²) < 4.78 is 5.73. The van der Waals surface area contributed by atoms with E-state index in [0.717, 1.165) is 18.7 Å². The second-order valence-electron chi connectivity index (χ2n) is 3.74. The van der Waals surface area contributed by atoms with Crippen LogP contribution in [-0.2, 0) is 0 Å². The maximum Gasteiger partial charge on any atom is 0.124 e. The van der Waals surface area contributed by atoms with Gasteiger partial charge in [-0.25, -0.2) is 0 Å². The lowest BCUT2D eigenvalue weighted by Crippen LogP contribution is -2.18. The predicted octanol–water partition coefficient (Wildman–Crippen LogP) is 3.31. The number of hydrogen-bond donors (Lipinski definition) is 1. The van der Waals surface area contributed by atoms with Crippen molar-refractivity contribution in [3.05, 3.63) is 42.5 Å². The van der Waals surface area contributed by atoms with Crippen LogP contribution in [0.15, 0.2) is 36.9 Å². The molecule has 1 rings (SSSR count). The molecule has 0 aliphatic heterocycles. The second-order valence-corrected chi connectivity index (χ2v) is 3.74. The molecule has 2 nitrogen and oxygen atoms in total. The highest BCUT2D eigenvalue weighted by atomic mass is 16.5. The first-order valence-corrected chi connectivity index (χ1v) is 5.85. The molecule has 88 valence electrons. The average molecular weight is 219 g/mol. The molecule has 16 heavy (non-hydrogen) atoms. The number of ether oxygens (including phenoxy) is 1. The minimum absolute atomic E-state index is 0.324. The molecule has 1 N–H and O–H groups in total. The molecule has 1 aromatic carbocycles. The standard InChI is InChI=1S/C14H21NO/c1-4-6-11-16-14-10-8-7-9-13(14)12(3)15-5-2/h4,7-10,12,15H,1,5-6,11H2,2-3H3. The molecule has 1 aromatic rings. The van der Waals surface area contributed by atoms with Crippen LogP contribution in [-0.4, -0.2) is 13.2 Å². The molecule has 0 radical (unpaired) electrons. The van der Waals surface area contributed by atoms with Gasteiger partial charge in [-0.15, -0.1) is 6.58 Å². The van der Waals surface area contributed by atoms with Gasteiger partial charge < -0.3 is 10.1 Å². The van der Waals surface area contributed by atoms with E-state index in [1.165, 1.54) is 5.56 Å². The molecule has 2 heteroatoms. The number of rotatable bonds is 7. The van der Waals surface area contributed by atoms with Crippen LogP contribution in [0.2, 0.25) is 0 Å². The Balaban J connectivity index is 2.70. The molecule has 0 aliphatic rings. The Bertz CT molecular complexity index is 322. The maximum atomic E-state index is 5.73. The minimum Gasteiger partial charge on any atom is -0.493 e. The number of nitrogens with one attached hydrogen (secondary N) is 1. The van der Waals surface area contributed by atoms with Gasteiger partial charge in [0.1, 0.15) is 5.75 Å². The molecule has 1 unspecified atom stereocenters. The predicted molar refractivity (Wildman–Crippen MR) is 68.8 cm³/mol. The minimum atomic E-state index is 0.324. The SMILES string of the molecule is C=CCCOc1ccccc1C(C)NCC. The van der Waals surface area contributed by atoms with Crippen LogP contribution in [0.1, 0.15) is 31.9 Å². The topological polar surface area (TPSA) is 21.3 Å². The Labute approximate surface area is 98.3 Å². The third-order valence-corrected chi connectivity index (χ3v) is 2.48. The molecule has 0 saturated carbocycles. The van der Waals surface area contributed by atoms with Gasteiger partial charge in [-0.05, 0) is 26.0 Å². The largest absolute Gasteiger partial charge is 0.493 e. The summed E-state index contributed by atoms with van der Waals surface area (Å²) in [4.78, 5) is 0. The molecule has 0 amide bonds. The van der Waals surface area contributed by atoms with Gasteiger partial charge in [0.2, 0.25) is 0 Å². The lowest BCUT2D eigenvalue weighted by molar-refractivity contribution is 0.318. The number of para-hydroxylation sites is 1. The Morgan fingerprint density at radius 3 is 2.88 bits per heavy atom. The van der Waals surface area contributed by atoms with E-state index >= 15 is 0 Å². The molecule has 0 fully saturated rings. The van der Waals surface area contributed by atoms with Crippen LogP contribution >= 0.6 is 0 Å². The molecule has 0 aromatic heterocycles. The first-order chi connectivity index (χ1) is 7.79. The van der Waals surface area contributed by atoms with Gasteiger partial charge in [-0.3, -0.25) is 0 Å². The van der Waals surface area contributed by atoms with E-state index < -0.39 is 0 Å². The molecule has 1 atom stereocenters. The van der Waals surface area contributed by atoms with E-state index in [2.05, 4.69) is 31.8 Å². The Morgan fingerprint density at radius 1 is 1.44 bits per heavy atom. The fourth-order valence-electron chi connectivity index (χ4n) is 1.64. The van der Waals surface area contributed by atoms with Gasteiger partial charge in [-0.1, -0.05) is 31.2 Å². The van der Waals surface area contributed by atoms with Crippen molar-refractivity contribution in [3.63, 3.8) is 0 Å². The van der Waals surface area contributed by atoms with Crippen molar-refractivity contribution in [1.29, 1.82) is 0 Å². The van der Waals surface area contributed by atoms with Gasteiger partial charge >= 0.3 is 0 Å². The third-order valence-electron chi connectivity index (χ3n) is 2.48. The number of hydrogen-bond acceptors (Lipinski definition) is 2. The maximum absolute atomic E-state index is 5.73. The summed E-state index contributed by atoms with van der Waals surface area (Å²) >= 11 is 0. The second kappa shape index (κ2) is 7.07. The molecular weight excluding hydrogens is 198 g/mol. The summed E-state index contributed by atoms with van der Waals surface area (Å²) in [6.07, 6.45) is 2.75. The molecular formula is C14H21NO. The average Bonchev–Trinajstić information content (AvgIpc) is 2.30. The zero-order valence-corrected chi connectivity index (χ0v) is 10.2. The number of benzene rings is 1. The summed E-state index contributed by atoms with van der Waals surface area (Å²) in [5.74, 6) is 0.970. The quantitative estimate of drug-likeness (QED) is 0.561. The summed E-state index contributed by atoms with van der Waals surface area (Å²) in [5, 5.41) is 3.39. The zero-order valence-electron chi connectivity index (χ0n) is 10.2. The molecule has 0 saturated heterocycles. The fraction of sp³-hybridized carbons (Fsp3) is 0.429. The smallest absolute Gasteiger partial charge is 0.124 e. The van der Waals surface area contributed by atoms with Crippen LogP contribution < -0.4 is 10.1 Å². The van der Waals surface area contributed by atoms with Gasteiger partial charge in [0.15, 0.2) is 0 Å². The Hall–Kier alpha value is -1.28. The van der Waals surface area contributed by atoms with E-state index in [1.807, 2.05) is 24.3 Å². The fourth-order valence-corrected chi connectivity index (χ4v) is 1.64. The Morgan fingerprint density at radius 2 is 2.19 bits per heavy atom. The summed E-state index contributed by atoms with van der Waals surface area (Å²) in [6, 6.07) is 8.50. The lowest BCUT2D eigenvalue weighted by atomic mass is 10.1. The van der Waals surface area contributed by atoms with Crippen LogP contribution in [0.5, 0.6) is 5.75 Å². The van der Waals surface area contributed by atoms with Crippen molar-refractivity contribution in [3.8, 4) is 5.75 Å². The van der Waals surface area contributed by atoms with Crippen molar-refractivity contribution in [2.24, 2.45) is 0 Å². The van der Waals surface area contributed by atoms with Crippen LogP contribution in [0.4, 0.5) is 0 Å². The first-order valence-electron chi connectivity index (χ1n) is 5.85. The first kappa shape index (κ1) is 12.8. The lowest BCUT2D eigenvalue weighted by Gasteiger charge is -2.17. The van der Waals surface area contributed by atoms with Crippen molar-refractivity contribution in [2.75, 3.05) is 13.2 Å². The molecule has 0 aliphatic carbocycles. The van der Waals surface area contributed by atoms with E-state index in [1.54, 1.807) is 0 Å². The van der Waals surface area contributed by atoms with Crippen LogP contribution in [0.3, 0.4) is 0 Å². The van der Waals surface area contributed by atoms with E-state index in [-0.39, 0.29) is 0 Å². The van der Waals surface area contributed by atoms with E-state index in [9.17, 15) is 0 Å². The van der Waals surface area contributed by atoms with E-state index in [0.29, 0.717) is 12.6 Å². The summed E-state index contributed by atoms with van der Waals surface area (Å²) in [5.41, 5.74) is 1.22. The van der Waals surface area contributed by atoms with Crippen molar-refractivity contribution >= 4 is 0 Å². The van der Waals surface area contributed by atoms with Gasteiger partial charge in [0, 0.05) is 11.6 Å². The van der Waals surface area contributed by atoms with Gasteiger partial charge in [0.05, 0.1) is 6.61 Å². The van der Waals surface area contributed by atoms with Crippen LogP contribution in [0, 0.1) is 0 Å². The van der Waals surface area contributed by atoms with E-state index in [4.69, 9.17) is 4.74 Å². The monoisotopic (exact) mass is 219 g/mol. The molecule has 0 spiro atoms. The molecule has 0 heterocycles. The van der Waals surface area contributed by atoms with Gasteiger partial charge in [-0.2, -0.15) is 0 Å². The zero-order chi connectivity index (χ0) is 11.8.